The maximum atomic E-state index is 12.5. The molecule has 5 heteroatoms. The molecular weight excluding hydrogens is 488 g/mol. The standard InChI is InChI=1S/C34H50O5/c1-3-36-33(37-4-2)18-14-9-7-5-6-8-10-15-27-38-31-25-23-29(24-26-31)28-19-21-30(22-20-28)34(35)39-32-16-12-11-13-17-32/h19-26,32-33H,3-18,27H2,1-2H3. The van der Waals surface area contributed by atoms with E-state index in [9.17, 15) is 4.79 Å². The molecule has 0 saturated heterocycles. The topological polar surface area (TPSA) is 54.0 Å². The van der Waals surface area contributed by atoms with Crippen molar-refractivity contribution >= 4 is 5.97 Å². The zero-order chi connectivity index (χ0) is 27.5. The van der Waals surface area contributed by atoms with Crippen LogP contribution in [-0.2, 0) is 14.2 Å². The Labute approximate surface area is 236 Å². The van der Waals surface area contributed by atoms with Crippen LogP contribution in [0.1, 0.15) is 114 Å². The van der Waals surface area contributed by atoms with E-state index in [4.69, 9.17) is 18.9 Å². The third-order valence-electron chi connectivity index (χ3n) is 7.44. The lowest BCUT2D eigenvalue weighted by molar-refractivity contribution is -0.140. The molecule has 0 atom stereocenters. The number of carbonyl (C=O) groups excluding carboxylic acids is 1. The highest BCUT2D eigenvalue weighted by Crippen LogP contribution is 2.25. The molecule has 0 N–H and O–H groups in total. The predicted octanol–water partition coefficient (Wildman–Crippen LogP) is 9.13. The molecule has 0 amide bonds. The second kappa shape index (κ2) is 18.8. The van der Waals surface area contributed by atoms with E-state index in [1.165, 1.54) is 51.4 Å². The number of hydrogen-bond acceptors (Lipinski definition) is 5. The number of carbonyl (C=O) groups is 1. The number of hydrogen-bond donors (Lipinski definition) is 0. The number of ether oxygens (including phenoxy) is 4. The zero-order valence-corrected chi connectivity index (χ0v) is 24.3. The molecule has 1 fully saturated rings. The molecule has 0 radical (unpaired) electrons. The van der Waals surface area contributed by atoms with Crippen LogP contribution < -0.4 is 4.74 Å². The molecule has 1 aliphatic rings. The highest BCUT2D eigenvalue weighted by atomic mass is 16.7. The van der Waals surface area contributed by atoms with Crippen LogP contribution in [0.15, 0.2) is 48.5 Å². The van der Waals surface area contributed by atoms with Gasteiger partial charge < -0.3 is 18.9 Å². The van der Waals surface area contributed by atoms with E-state index in [1.807, 2.05) is 50.2 Å². The highest BCUT2D eigenvalue weighted by Gasteiger charge is 2.18. The molecule has 1 saturated carbocycles. The van der Waals surface area contributed by atoms with Crippen molar-refractivity contribution in [3.8, 4) is 16.9 Å². The summed E-state index contributed by atoms with van der Waals surface area (Å²) in [6.45, 7) is 6.23. The van der Waals surface area contributed by atoms with Crippen molar-refractivity contribution in [2.24, 2.45) is 0 Å². The fourth-order valence-corrected chi connectivity index (χ4v) is 5.20. The minimum absolute atomic E-state index is 0.0225. The summed E-state index contributed by atoms with van der Waals surface area (Å²) in [5, 5.41) is 0. The van der Waals surface area contributed by atoms with Gasteiger partial charge >= 0.3 is 5.97 Å². The Bertz CT molecular complexity index is 896. The first-order chi connectivity index (χ1) is 19.2. The average molecular weight is 539 g/mol. The van der Waals surface area contributed by atoms with E-state index in [-0.39, 0.29) is 18.4 Å². The molecule has 0 aliphatic heterocycles. The van der Waals surface area contributed by atoms with Gasteiger partial charge in [0.15, 0.2) is 6.29 Å². The largest absolute Gasteiger partial charge is 0.494 e. The van der Waals surface area contributed by atoms with E-state index in [0.29, 0.717) is 5.56 Å². The Kier molecular flexibility index (Phi) is 15.0. The van der Waals surface area contributed by atoms with Gasteiger partial charge in [0.05, 0.1) is 12.2 Å². The molecule has 2 aromatic rings. The predicted molar refractivity (Wildman–Crippen MR) is 158 cm³/mol. The summed E-state index contributed by atoms with van der Waals surface area (Å²) in [5.74, 6) is 0.699. The molecule has 3 rings (SSSR count). The van der Waals surface area contributed by atoms with E-state index in [0.717, 1.165) is 75.2 Å². The fourth-order valence-electron chi connectivity index (χ4n) is 5.20. The molecule has 0 aromatic heterocycles. The summed E-state index contributed by atoms with van der Waals surface area (Å²) in [6.07, 6.45) is 16.5. The van der Waals surface area contributed by atoms with Crippen LogP contribution in [0.3, 0.4) is 0 Å². The quantitative estimate of drug-likeness (QED) is 0.101. The van der Waals surface area contributed by atoms with E-state index >= 15 is 0 Å². The highest BCUT2D eigenvalue weighted by molar-refractivity contribution is 5.90. The first-order valence-electron chi connectivity index (χ1n) is 15.5. The SMILES string of the molecule is CCOC(CCCCCCCCCCOc1ccc(-c2ccc(C(=O)OC3CCCCC3)cc2)cc1)OCC. The van der Waals surface area contributed by atoms with Gasteiger partial charge in [0.25, 0.3) is 0 Å². The lowest BCUT2D eigenvalue weighted by Crippen LogP contribution is -2.20. The molecule has 1 aliphatic carbocycles. The summed E-state index contributed by atoms with van der Waals surface area (Å²) in [7, 11) is 0. The van der Waals surface area contributed by atoms with E-state index < -0.39 is 0 Å². The van der Waals surface area contributed by atoms with Gasteiger partial charge in [-0.05, 0) is 94.2 Å². The van der Waals surface area contributed by atoms with Gasteiger partial charge in [-0.1, -0.05) is 69.2 Å². The summed E-state index contributed by atoms with van der Waals surface area (Å²) < 4.78 is 22.9. The summed E-state index contributed by atoms with van der Waals surface area (Å²) in [5.41, 5.74) is 2.82. The Morgan fingerprint density at radius 2 is 1.26 bits per heavy atom. The first kappa shape index (κ1) is 31.2. The van der Waals surface area contributed by atoms with Crippen molar-refractivity contribution in [2.75, 3.05) is 19.8 Å². The van der Waals surface area contributed by atoms with Crippen molar-refractivity contribution in [3.05, 3.63) is 54.1 Å². The molecule has 0 unspecified atom stereocenters. The molecule has 2 aromatic carbocycles. The normalized spacial score (nSPS) is 14.0. The molecule has 216 valence electrons. The zero-order valence-electron chi connectivity index (χ0n) is 24.3. The molecule has 39 heavy (non-hydrogen) atoms. The van der Waals surface area contributed by atoms with Crippen molar-refractivity contribution in [1.29, 1.82) is 0 Å². The lowest BCUT2D eigenvalue weighted by atomic mass is 9.98. The van der Waals surface area contributed by atoms with Gasteiger partial charge in [0.2, 0.25) is 0 Å². The Balaban J connectivity index is 1.24. The summed E-state index contributed by atoms with van der Waals surface area (Å²) in [4.78, 5) is 12.5. The molecule has 5 nitrogen and oxygen atoms in total. The van der Waals surface area contributed by atoms with Crippen molar-refractivity contribution in [1.82, 2.24) is 0 Å². The number of benzene rings is 2. The van der Waals surface area contributed by atoms with E-state index in [1.54, 1.807) is 0 Å². The first-order valence-corrected chi connectivity index (χ1v) is 15.5. The fraction of sp³-hybridized carbons (Fsp3) is 0.618. The minimum Gasteiger partial charge on any atom is -0.494 e. The van der Waals surface area contributed by atoms with Crippen molar-refractivity contribution < 1.29 is 23.7 Å². The van der Waals surface area contributed by atoms with E-state index in [2.05, 4.69) is 12.1 Å². The number of rotatable bonds is 19. The van der Waals surface area contributed by atoms with Gasteiger partial charge in [0.1, 0.15) is 11.9 Å². The van der Waals surface area contributed by atoms with Crippen LogP contribution in [0.5, 0.6) is 5.75 Å². The van der Waals surface area contributed by atoms with Gasteiger partial charge in [-0.15, -0.1) is 0 Å². The third-order valence-corrected chi connectivity index (χ3v) is 7.44. The maximum Gasteiger partial charge on any atom is 0.338 e. The van der Waals surface area contributed by atoms with Crippen LogP contribution in [0.4, 0.5) is 0 Å². The Morgan fingerprint density at radius 3 is 1.85 bits per heavy atom. The minimum atomic E-state index is -0.207. The monoisotopic (exact) mass is 538 g/mol. The maximum absolute atomic E-state index is 12.5. The summed E-state index contributed by atoms with van der Waals surface area (Å²) >= 11 is 0. The van der Waals surface area contributed by atoms with Crippen LogP contribution >= 0.6 is 0 Å². The number of unbranched alkanes of at least 4 members (excludes halogenated alkanes) is 7. The Morgan fingerprint density at radius 1 is 0.718 bits per heavy atom. The van der Waals surface area contributed by atoms with Gasteiger partial charge in [-0.25, -0.2) is 4.79 Å². The van der Waals surface area contributed by atoms with Gasteiger partial charge in [-0.2, -0.15) is 0 Å². The molecule has 0 spiro atoms. The molecule has 0 heterocycles. The second-order valence-corrected chi connectivity index (χ2v) is 10.6. The smallest absolute Gasteiger partial charge is 0.338 e. The van der Waals surface area contributed by atoms with Crippen molar-refractivity contribution in [2.45, 2.75) is 116 Å². The lowest BCUT2D eigenvalue weighted by Gasteiger charge is -2.21. The van der Waals surface area contributed by atoms with Crippen LogP contribution in [0.2, 0.25) is 0 Å². The average Bonchev–Trinajstić information content (AvgIpc) is 2.97. The van der Waals surface area contributed by atoms with Crippen LogP contribution in [0.25, 0.3) is 11.1 Å². The molecular formula is C34H50O5. The number of esters is 1. The van der Waals surface area contributed by atoms with Crippen molar-refractivity contribution in [3.63, 3.8) is 0 Å². The van der Waals surface area contributed by atoms with Crippen LogP contribution in [0, 0.1) is 0 Å². The van der Waals surface area contributed by atoms with Gasteiger partial charge in [-0.3, -0.25) is 0 Å². The molecule has 0 bridgehead atoms. The Hall–Kier alpha value is -2.37. The van der Waals surface area contributed by atoms with Gasteiger partial charge in [0, 0.05) is 13.2 Å². The third kappa shape index (κ3) is 12.1. The van der Waals surface area contributed by atoms with Crippen LogP contribution in [-0.4, -0.2) is 38.2 Å². The second-order valence-electron chi connectivity index (χ2n) is 10.6. The summed E-state index contributed by atoms with van der Waals surface area (Å²) in [6, 6.07) is 15.9.